The second-order valence-corrected chi connectivity index (χ2v) is 10.5. The van der Waals surface area contributed by atoms with Crippen LogP contribution in [0.3, 0.4) is 0 Å². The van der Waals surface area contributed by atoms with Gasteiger partial charge in [0.25, 0.3) is 0 Å². The van der Waals surface area contributed by atoms with E-state index in [1.807, 2.05) is 19.1 Å². The fraction of sp³-hybridized carbons (Fsp3) is 0.500. The van der Waals surface area contributed by atoms with E-state index in [0.717, 1.165) is 44.1 Å². The second kappa shape index (κ2) is 9.05. The number of benzene rings is 2. The number of hydrogen-bond acceptors (Lipinski definition) is 2. The Labute approximate surface area is 164 Å². The Hall–Kier alpha value is -1.61. The lowest BCUT2D eigenvalue weighted by Gasteiger charge is -2.25. The van der Waals surface area contributed by atoms with Gasteiger partial charge in [-0.15, -0.1) is 0 Å². The van der Waals surface area contributed by atoms with Gasteiger partial charge in [0.2, 0.25) is 0 Å². The van der Waals surface area contributed by atoms with Crippen LogP contribution in [0.25, 0.3) is 0 Å². The number of sulfone groups is 1. The van der Waals surface area contributed by atoms with E-state index < -0.39 is 9.84 Å². The topological polar surface area (TPSA) is 34.1 Å². The fourth-order valence-electron chi connectivity index (χ4n) is 4.16. The molecule has 27 heavy (non-hydrogen) atoms. The van der Waals surface area contributed by atoms with Crippen LogP contribution in [0.4, 0.5) is 0 Å². The average Bonchev–Trinajstić information content (AvgIpc) is 2.62. The van der Waals surface area contributed by atoms with Gasteiger partial charge in [-0.25, -0.2) is 8.42 Å². The van der Waals surface area contributed by atoms with Crippen LogP contribution in [0.15, 0.2) is 53.4 Å². The summed E-state index contributed by atoms with van der Waals surface area (Å²) in [4.78, 5) is 0.495. The van der Waals surface area contributed by atoms with Crippen LogP contribution < -0.4 is 0 Å². The zero-order valence-electron chi connectivity index (χ0n) is 16.7. The van der Waals surface area contributed by atoms with Crippen LogP contribution >= 0.6 is 0 Å². The minimum Gasteiger partial charge on any atom is -0.223 e. The molecule has 1 aliphatic carbocycles. The van der Waals surface area contributed by atoms with Gasteiger partial charge in [-0.3, -0.25) is 0 Å². The van der Waals surface area contributed by atoms with Gasteiger partial charge < -0.3 is 0 Å². The maximum absolute atomic E-state index is 13.1. The summed E-state index contributed by atoms with van der Waals surface area (Å²) in [7, 11) is -3.21. The third kappa shape index (κ3) is 5.44. The van der Waals surface area contributed by atoms with Crippen LogP contribution in [-0.4, -0.2) is 13.7 Å². The smallest absolute Gasteiger partial charge is 0.181 e. The summed E-state index contributed by atoms with van der Waals surface area (Å²) in [5, 5.41) is -0.220. The molecule has 2 aromatic carbocycles. The van der Waals surface area contributed by atoms with E-state index in [1.165, 1.54) is 24.0 Å². The molecule has 0 saturated heterocycles. The molecule has 2 aromatic rings. The molecule has 2 atom stereocenters. The standard InChI is InChI=1S/C24H32O2S/c1-19-7-11-22(12-8-19)14-13-21-5-3-4-6-23(18-15-21)27(25,26)24-16-9-20(2)10-17-24/h7-12,16-17,21,23H,3-6,13-15,18H2,1-2H3. The van der Waals surface area contributed by atoms with Crippen molar-refractivity contribution in [2.75, 3.05) is 0 Å². The van der Waals surface area contributed by atoms with Gasteiger partial charge in [0.1, 0.15) is 0 Å². The Morgan fingerprint density at radius 2 is 1.37 bits per heavy atom. The SMILES string of the molecule is Cc1ccc(CCC2CCCCC(S(=O)(=O)c3ccc(C)cc3)CC2)cc1. The summed E-state index contributed by atoms with van der Waals surface area (Å²) >= 11 is 0. The molecule has 0 aliphatic heterocycles. The fourth-order valence-corrected chi connectivity index (χ4v) is 5.98. The highest BCUT2D eigenvalue weighted by Crippen LogP contribution is 2.31. The van der Waals surface area contributed by atoms with Gasteiger partial charge in [0.05, 0.1) is 10.1 Å². The van der Waals surface area contributed by atoms with Crippen LogP contribution in [0.5, 0.6) is 0 Å². The van der Waals surface area contributed by atoms with E-state index in [4.69, 9.17) is 0 Å². The molecule has 0 spiro atoms. The molecule has 0 bridgehead atoms. The molecule has 3 rings (SSSR count). The predicted molar refractivity (Wildman–Crippen MR) is 113 cm³/mol. The third-order valence-corrected chi connectivity index (χ3v) is 8.31. The van der Waals surface area contributed by atoms with Crippen molar-refractivity contribution in [1.29, 1.82) is 0 Å². The summed E-state index contributed by atoms with van der Waals surface area (Å²) in [5.41, 5.74) is 3.79. The first-order valence-electron chi connectivity index (χ1n) is 10.3. The first-order valence-corrected chi connectivity index (χ1v) is 11.9. The van der Waals surface area contributed by atoms with Crippen molar-refractivity contribution in [3.8, 4) is 0 Å². The lowest BCUT2D eigenvalue weighted by atomic mass is 9.87. The van der Waals surface area contributed by atoms with Gasteiger partial charge in [0, 0.05) is 0 Å². The Balaban J connectivity index is 1.61. The molecule has 0 aromatic heterocycles. The van der Waals surface area contributed by atoms with E-state index >= 15 is 0 Å². The molecule has 1 aliphatic rings. The largest absolute Gasteiger partial charge is 0.223 e. The molecular formula is C24H32O2S. The molecule has 0 heterocycles. The highest BCUT2D eigenvalue weighted by atomic mass is 32.2. The van der Waals surface area contributed by atoms with Gasteiger partial charge in [-0.2, -0.15) is 0 Å². The van der Waals surface area contributed by atoms with Gasteiger partial charge in [0.15, 0.2) is 9.84 Å². The molecule has 1 fully saturated rings. The normalized spacial score (nSPS) is 21.4. The summed E-state index contributed by atoms with van der Waals surface area (Å²) < 4.78 is 26.2. The van der Waals surface area contributed by atoms with Crippen LogP contribution in [0.1, 0.15) is 61.6 Å². The van der Waals surface area contributed by atoms with Crippen molar-refractivity contribution in [3.05, 3.63) is 65.2 Å². The van der Waals surface area contributed by atoms with Crippen molar-refractivity contribution in [2.45, 2.75) is 75.4 Å². The lowest BCUT2D eigenvalue weighted by Crippen LogP contribution is -2.24. The van der Waals surface area contributed by atoms with E-state index in [2.05, 4.69) is 31.2 Å². The first kappa shape index (κ1) is 20.1. The van der Waals surface area contributed by atoms with Crippen molar-refractivity contribution >= 4 is 9.84 Å². The Bertz CT molecular complexity index is 820. The zero-order valence-corrected chi connectivity index (χ0v) is 17.5. The molecule has 2 unspecified atom stereocenters. The Kier molecular flexibility index (Phi) is 6.75. The molecule has 0 radical (unpaired) electrons. The molecule has 2 nitrogen and oxygen atoms in total. The van der Waals surface area contributed by atoms with Gasteiger partial charge in [-0.05, 0) is 69.6 Å². The maximum atomic E-state index is 13.1. The van der Waals surface area contributed by atoms with Gasteiger partial charge in [-0.1, -0.05) is 66.8 Å². The molecule has 1 saturated carbocycles. The second-order valence-electron chi connectivity index (χ2n) is 8.23. The minimum absolute atomic E-state index is 0.220. The van der Waals surface area contributed by atoms with E-state index in [1.54, 1.807) is 12.1 Å². The van der Waals surface area contributed by atoms with E-state index in [-0.39, 0.29) is 5.25 Å². The number of hydrogen-bond donors (Lipinski definition) is 0. The van der Waals surface area contributed by atoms with E-state index in [0.29, 0.717) is 10.8 Å². The molecule has 146 valence electrons. The highest BCUT2D eigenvalue weighted by molar-refractivity contribution is 7.92. The number of aryl methyl sites for hydroxylation is 3. The van der Waals surface area contributed by atoms with Crippen LogP contribution in [0, 0.1) is 19.8 Å². The van der Waals surface area contributed by atoms with Crippen LogP contribution in [-0.2, 0) is 16.3 Å². The van der Waals surface area contributed by atoms with Crippen molar-refractivity contribution < 1.29 is 8.42 Å². The summed E-state index contributed by atoms with van der Waals surface area (Å²) in [6.45, 7) is 4.11. The summed E-state index contributed by atoms with van der Waals surface area (Å²) in [5.74, 6) is 0.641. The highest BCUT2D eigenvalue weighted by Gasteiger charge is 2.29. The third-order valence-electron chi connectivity index (χ3n) is 6.04. The lowest BCUT2D eigenvalue weighted by molar-refractivity contribution is 0.358. The first-order chi connectivity index (χ1) is 12.9. The summed E-state index contributed by atoms with van der Waals surface area (Å²) in [6.07, 6.45) is 8.32. The van der Waals surface area contributed by atoms with Crippen LogP contribution in [0.2, 0.25) is 0 Å². The van der Waals surface area contributed by atoms with E-state index in [9.17, 15) is 8.42 Å². The van der Waals surface area contributed by atoms with Crippen molar-refractivity contribution in [1.82, 2.24) is 0 Å². The monoisotopic (exact) mass is 384 g/mol. The van der Waals surface area contributed by atoms with Crippen molar-refractivity contribution in [3.63, 3.8) is 0 Å². The zero-order chi connectivity index (χ0) is 19.3. The maximum Gasteiger partial charge on any atom is 0.181 e. The Morgan fingerprint density at radius 1 is 0.778 bits per heavy atom. The quantitative estimate of drug-likeness (QED) is 0.629. The predicted octanol–water partition coefficient (Wildman–Crippen LogP) is 6.05. The van der Waals surface area contributed by atoms with Gasteiger partial charge >= 0.3 is 0 Å². The van der Waals surface area contributed by atoms with Crippen molar-refractivity contribution in [2.24, 2.45) is 5.92 Å². The molecule has 3 heteroatoms. The molecule has 0 amide bonds. The summed E-state index contributed by atoms with van der Waals surface area (Å²) in [6, 6.07) is 16.2. The number of rotatable bonds is 5. The average molecular weight is 385 g/mol. The minimum atomic E-state index is -3.21. The Morgan fingerprint density at radius 3 is 2.04 bits per heavy atom. The molecule has 0 N–H and O–H groups in total. The molecular weight excluding hydrogens is 352 g/mol.